The number of anilines is 2. The van der Waals surface area contributed by atoms with E-state index in [4.69, 9.17) is 32.7 Å². The molecule has 2 N–H and O–H groups in total. The van der Waals surface area contributed by atoms with Gasteiger partial charge in [-0.3, -0.25) is 14.4 Å². The predicted molar refractivity (Wildman–Crippen MR) is 141 cm³/mol. The van der Waals surface area contributed by atoms with Gasteiger partial charge in [0.1, 0.15) is 11.5 Å². The molecule has 9 heteroatoms. The van der Waals surface area contributed by atoms with Crippen LogP contribution >= 0.6 is 23.2 Å². The summed E-state index contributed by atoms with van der Waals surface area (Å²) in [5, 5.41) is 6.36. The Morgan fingerprint density at radius 2 is 1.44 bits per heavy atom. The minimum absolute atomic E-state index is 0.0267. The van der Waals surface area contributed by atoms with Gasteiger partial charge in [0.15, 0.2) is 6.61 Å². The molecule has 7 nitrogen and oxygen atoms in total. The summed E-state index contributed by atoms with van der Waals surface area (Å²) in [5.74, 6) is -0.198. The van der Waals surface area contributed by atoms with Crippen LogP contribution in [0.1, 0.15) is 30.4 Å². The molecule has 0 aromatic heterocycles. The summed E-state index contributed by atoms with van der Waals surface area (Å²) in [7, 11) is 0. The predicted octanol–water partition coefficient (Wildman–Crippen LogP) is 6.69. The summed E-state index contributed by atoms with van der Waals surface area (Å²) < 4.78 is 10.7. The lowest BCUT2D eigenvalue weighted by Gasteiger charge is -2.10. The average molecular weight is 529 g/mol. The smallest absolute Gasteiger partial charge is 0.306 e. The summed E-state index contributed by atoms with van der Waals surface area (Å²) in [4.78, 5) is 36.1. The molecule has 0 aliphatic heterocycles. The van der Waals surface area contributed by atoms with Crippen LogP contribution in [-0.2, 0) is 19.1 Å². The Bertz CT molecular complexity index is 1230. The van der Waals surface area contributed by atoms with Gasteiger partial charge in [-0.1, -0.05) is 29.3 Å². The zero-order valence-corrected chi connectivity index (χ0v) is 21.4. The molecule has 0 saturated heterocycles. The van der Waals surface area contributed by atoms with Crippen molar-refractivity contribution in [2.75, 3.05) is 17.2 Å². The van der Waals surface area contributed by atoms with Crippen molar-refractivity contribution in [2.24, 2.45) is 0 Å². The minimum atomic E-state index is -0.541. The zero-order valence-electron chi connectivity index (χ0n) is 19.9. The third kappa shape index (κ3) is 8.91. The number of amides is 2. The SMILES string of the molecule is Cc1cc(C)cc(NC(=O)COC(=O)CCCC(=O)Nc2ccc(Oc3ccc(Cl)cc3Cl)cc2)c1. The van der Waals surface area contributed by atoms with Crippen LogP contribution in [0.5, 0.6) is 11.5 Å². The number of aryl methyl sites for hydroxylation is 2. The molecular formula is C27H26Cl2N2O5. The number of carbonyl (C=O) groups is 3. The van der Waals surface area contributed by atoms with E-state index >= 15 is 0 Å². The maximum absolute atomic E-state index is 12.2. The van der Waals surface area contributed by atoms with Gasteiger partial charge in [-0.25, -0.2) is 0 Å². The maximum atomic E-state index is 12.2. The van der Waals surface area contributed by atoms with Crippen LogP contribution in [0.4, 0.5) is 11.4 Å². The number of esters is 1. The Kier molecular flexibility index (Phi) is 9.73. The van der Waals surface area contributed by atoms with Crippen molar-refractivity contribution in [1.82, 2.24) is 0 Å². The van der Waals surface area contributed by atoms with Gasteiger partial charge in [0, 0.05) is 29.2 Å². The van der Waals surface area contributed by atoms with Crippen LogP contribution in [0, 0.1) is 13.8 Å². The Morgan fingerprint density at radius 1 is 0.778 bits per heavy atom. The fraction of sp³-hybridized carbons (Fsp3) is 0.222. The van der Waals surface area contributed by atoms with E-state index < -0.39 is 11.9 Å². The van der Waals surface area contributed by atoms with E-state index in [9.17, 15) is 14.4 Å². The highest BCUT2D eigenvalue weighted by Crippen LogP contribution is 2.32. The molecule has 0 heterocycles. The second-order valence-corrected chi connectivity index (χ2v) is 9.03. The summed E-state index contributed by atoms with van der Waals surface area (Å²) in [6, 6.07) is 17.4. The standard InChI is InChI=1S/C27H26Cl2N2O5/c1-17-12-18(2)14-21(13-17)31-26(33)16-35-27(34)5-3-4-25(32)30-20-7-9-22(10-8-20)36-24-11-6-19(28)15-23(24)29/h6-15H,3-5,16H2,1-2H3,(H,30,32)(H,31,33). The lowest BCUT2D eigenvalue weighted by atomic mass is 10.1. The van der Waals surface area contributed by atoms with Crippen molar-refractivity contribution in [1.29, 1.82) is 0 Å². The van der Waals surface area contributed by atoms with E-state index in [1.807, 2.05) is 32.0 Å². The second-order valence-electron chi connectivity index (χ2n) is 8.19. The Balaban J connectivity index is 1.35. The molecule has 3 aromatic carbocycles. The van der Waals surface area contributed by atoms with E-state index in [1.165, 1.54) is 0 Å². The minimum Gasteiger partial charge on any atom is -0.456 e. The van der Waals surface area contributed by atoms with Crippen molar-refractivity contribution in [3.05, 3.63) is 81.8 Å². The molecule has 2 amide bonds. The van der Waals surface area contributed by atoms with Gasteiger partial charge in [-0.15, -0.1) is 0 Å². The molecule has 0 fully saturated rings. The van der Waals surface area contributed by atoms with Crippen molar-refractivity contribution < 1.29 is 23.9 Å². The van der Waals surface area contributed by atoms with E-state index in [1.54, 1.807) is 42.5 Å². The first-order chi connectivity index (χ1) is 17.2. The maximum Gasteiger partial charge on any atom is 0.306 e. The van der Waals surface area contributed by atoms with Gasteiger partial charge in [-0.2, -0.15) is 0 Å². The molecule has 0 atom stereocenters. The van der Waals surface area contributed by atoms with Gasteiger partial charge < -0.3 is 20.1 Å². The fourth-order valence-electron chi connectivity index (χ4n) is 3.37. The van der Waals surface area contributed by atoms with Crippen LogP contribution < -0.4 is 15.4 Å². The fourth-order valence-corrected chi connectivity index (χ4v) is 3.82. The van der Waals surface area contributed by atoms with Crippen LogP contribution in [0.3, 0.4) is 0 Å². The largest absolute Gasteiger partial charge is 0.456 e. The molecule has 36 heavy (non-hydrogen) atoms. The number of ether oxygens (including phenoxy) is 2. The Labute approximate surface area is 219 Å². The van der Waals surface area contributed by atoms with E-state index in [2.05, 4.69) is 10.6 Å². The molecule has 0 aliphatic carbocycles. The number of benzene rings is 3. The molecule has 0 spiro atoms. The quantitative estimate of drug-likeness (QED) is 0.285. The lowest BCUT2D eigenvalue weighted by Crippen LogP contribution is -2.21. The Hall–Kier alpha value is -3.55. The van der Waals surface area contributed by atoms with Crippen LogP contribution in [0.15, 0.2) is 60.7 Å². The number of rotatable bonds is 10. The van der Waals surface area contributed by atoms with Gasteiger partial charge in [0.2, 0.25) is 5.91 Å². The number of nitrogens with one attached hydrogen (secondary N) is 2. The summed E-state index contributed by atoms with van der Waals surface area (Å²) >= 11 is 12.0. The number of hydrogen-bond acceptors (Lipinski definition) is 5. The zero-order chi connectivity index (χ0) is 26.1. The second kappa shape index (κ2) is 13.0. The first kappa shape index (κ1) is 27.0. The highest BCUT2D eigenvalue weighted by molar-refractivity contribution is 6.35. The third-order valence-corrected chi connectivity index (χ3v) is 5.44. The van der Waals surface area contributed by atoms with E-state index in [-0.39, 0.29) is 25.4 Å². The number of hydrogen-bond donors (Lipinski definition) is 2. The van der Waals surface area contributed by atoms with Crippen molar-refractivity contribution in [2.45, 2.75) is 33.1 Å². The normalized spacial score (nSPS) is 10.4. The topological polar surface area (TPSA) is 93.7 Å². The van der Waals surface area contributed by atoms with Gasteiger partial charge in [0.05, 0.1) is 5.02 Å². The van der Waals surface area contributed by atoms with Crippen LogP contribution in [-0.4, -0.2) is 24.4 Å². The van der Waals surface area contributed by atoms with E-state index in [0.29, 0.717) is 39.3 Å². The monoisotopic (exact) mass is 528 g/mol. The first-order valence-corrected chi connectivity index (χ1v) is 12.0. The van der Waals surface area contributed by atoms with Gasteiger partial charge in [0.25, 0.3) is 5.91 Å². The Morgan fingerprint density at radius 3 is 2.11 bits per heavy atom. The van der Waals surface area contributed by atoms with Crippen molar-refractivity contribution >= 4 is 52.4 Å². The summed E-state index contributed by atoms with van der Waals surface area (Å²) in [6.45, 7) is 3.48. The molecule has 0 aliphatic rings. The highest BCUT2D eigenvalue weighted by atomic mass is 35.5. The van der Waals surface area contributed by atoms with Crippen LogP contribution in [0.2, 0.25) is 10.0 Å². The van der Waals surface area contributed by atoms with Crippen molar-refractivity contribution in [3.8, 4) is 11.5 Å². The molecule has 0 saturated carbocycles. The van der Waals surface area contributed by atoms with E-state index in [0.717, 1.165) is 11.1 Å². The molecule has 0 bridgehead atoms. The number of carbonyl (C=O) groups excluding carboxylic acids is 3. The molecule has 3 aromatic rings. The van der Waals surface area contributed by atoms with Crippen molar-refractivity contribution in [3.63, 3.8) is 0 Å². The average Bonchev–Trinajstić information content (AvgIpc) is 2.80. The third-order valence-electron chi connectivity index (χ3n) is 4.91. The molecule has 0 unspecified atom stereocenters. The molecule has 0 radical (unpaired) electrons. The van der Waals surface area contributed by atoms with Gasteiger partial charge in [-0.05, 0) is 86.0 Å². The summed E-state index contributed by atoms with van der Waals surface area (Å²) in [6.07, 6.45) is 0.445. The van der Waals surface area contributed by atoms with Gasteiger partial charge >= 0.3 is 5.97 Å². The number of halogens is 2. The van der Waals surface area contributed by atoms with Crippen LogP contribution in [0.25, 0.3) is 0 Å². The lowest BCUT2D eigenvalue weighted by molar-refractivity contribution is -0.147. The molecule has 3 rings (SSSR count). The summed E-state index contributed by atoms with van der Waals surface area (Å²) in [5.41, 5.74) is 3.28. The first-order valence-electron chi connectivity index (χ1n) is 11.2. The molecular weight excluding hydrogens is 503 g/mol. The highest BCUT2D eigenvalue weighted by Gasteiger charge is 2.11. The molecule has 188 valence electrons.